The fraction of sp³-hybridized carbons (Fsp3) is 0.286. The molecule has 0 unspecified atom stereocenters. The third-order valence-electron chi connectivity index (χ3n) is 2.91. The van der Waals surface area contributed by atoms with Crippen LogP contribution in [0.15, 0.2) is 46.0 Å². The molecule has 19 heavy (non-hydrogen) atoms. The minimum atomic E-state index is 0.613. The molecule has 0 saturated carbocycles. The lowest BCUT2D eigenvalue weighted by Crippen LogP contribution is -2.40. The molecule has 3 rings (SSSR count). The summed E-state index contributed by atoms with van der Waals surface area (Å²) >= 11 is 0. The fourth-order valence-corrected chi connectivity index (χ4v) is 1.93. The molecule has 0 spiro atoms. The number of hydrogen-bond donors (Lipinski definition) is 2. The first-order valence-electron chi connectivity index (χ1n) is 6.44. The lowest BCUT2D eigenvalue weighted by Gasteiger charge is -2.14. The topological polar surface area (TPSA) is 62.5 Å². The average Bonchev–Trinajstić information content (AvgIpc) is 2.96. The summed E-state index contributed by atoms with van der Waals surface area (Å²) in [6.07, 6.45) is 2.77. The summed E-state index contributed by atoms with van der Waals surface area (Å²) in [5.41, 5.74) is 1.86. The monoisotopic (exact) mass is 256 g/mol. The van der Waals surface area contributed by atoms with Gasteiger partial charge in [-0.25, -0.2) is 4.98 Å². The number of aliphatic imine (C=N–C) groups is 1. The standard InChI is InChI=1S/C14H16N4O/c1-2-5-11(6-3-1)13-18-12(10-19-13)9-17-14-15-7-4-8-16-14/h1-3,5-6,10H,4,7-9H2,(H2,15,16,17). The van der Waals surface area contributed by atoms with Crippen molar-refractivity contribution in [1.29, 1.82) is 0 Å². The van der Waals surface area contributed by atoms with Crippen molar-refractivity contribution in [3.8, 4) is 11.5 Å². The van der Waals surface area contributed by atoms with Gasteiger partial charge in [-0.3, -0.25) is 4.99 Å². The molecule has 0 atom stereocenters. The summed E-state index contributed by atoms with van der Waals surface area (Å²) in [6.45, 7) is 2.46. The predicted octanol–water partition coefficient (Wildman–Crippen LogP) is 1.78. The Hall–Kier alpha value is -2.30. The van der Waals surface area contributed by atoms with Crippen molar-refractivity contribution in [1.82, 2.24) is 15.6 Å². The second kappa shape index (κ2) is 5.56. The first-order chi connectivity index (χ1) is 9.42. The van der Waals surface area contributed by atoms with Crippen LogP contribution in [-0.2, 0) is 6.54 Å². The molecule has 0 radical (unpaired) electrons. The van der Waals surface area contributed by atoms with Gasteiger partial charge in [0.1, 0.15) is 6.26 Å². The molecule has 1 aliphatic rings. The quantitative estimate of drug-likeness (QED) is 0.878. The van der Waals surface area contributed by atoms with Crippen molar-refractivity contribution in [3.05, 3.63) is 42.3 Å². The molecule has 1 aromatic carbocycles. The van der Waals surface area contributed by atoms with E-state index in [2.05, 4.69) is 20.6 Å². The maximum atomic E-state index is 5.48. The number of nitrogens with zero attached hydrogens (tertiary/aromatic N) is 2. The highest BCUT2D eigenvalue weighted by atomic mass is 16.3. The molecule has 0 aliphatic carbocycles. The van der Waals surface area contributed by atoms with E-state index in [-0.39, 0.29) is 0 Å². The number of guanidine groups is 1. The predicted molar refractivity (Wildman–Crippen MR) is 73.7 cm³/mol. The number of benzene rings is 1. The Balaban J connectivity index is 1.64. The Morgan fingerprint density at radius 3 is 2.95 bits per heavy atom. The van der Waals surface area contributed by atoms with E-state index in [9.17, 15) is 0 Å². The largest absolute Gasteiger partial charge is 0.444 e. The highest BCUT2D eigenvalue weighted by molar-refractivity contribution is 5.80. The van der Waals surface area contributed by atoms with Crippen LogP contribution in [0.25, 0.3) is 11.5 Å². The van der Waals surface area contributed by atoms with Crippen LogP contribution in [0.5, 0.6) is 0 Å². The van der Waals surface area contributed by atoms with E-state index in [0.717, 1.165) is 36.7 Å². The summed E-state index contributed by atoms with van der Waals surface area (Å²) in [4.78, 5) is 8.80. The second-order valence-electron chi connectivity index (χ2n) is 4.37. The van der Waals surface area contributed by atoms with Crippen LogP contribution in [0, 0.1) is 0 Å². The van der Waals surface area contributed by atoms with Crippen LogP contribution in [0.1, 0.15) is 12.1 Å². The van der Waals surface area contributed by atoms with Gasteiger partial charge >= 0.3 is 0 Å². The van der Waals surface area contributed by atoms with Crippen molar-refractivity contribution < 1.29 is 4.42 Å². The molecule has 1 aliphatic heterocycles. The van der Waals surface area contributed by atoms with Gasteiger partial charge in [0.05, 0.1) is 12.2 Å². The number of hydrogen-bond acceptors (Lipinski definition) is 5. The van der Waals surface area contributed by atoms with E-state index >= 15 is 0 Å². The minimum Gasteiger partial charge on any atom is -0.444 e. The number of aromatic nitrogens is 1. The van der Waals surface area contributed by atoms with E-state index in [4.69, 9.17) is 4.42 Å². The van der Waals surface area contributed by atoms with Crippen LogP contribution < -0.4 is 10.6 Å². The van der Waals surface area contributed by atoms with Crippen LogP contribution in [0.4, 0.5) is 0 Å². The Morgan fingerprint density at radius 2 is 2.16 bits per heavy atom. The summed E-state index contributed by atoms with van der Waals surface area (Å²) in [6, 6.07) is 9.88. The van der Waals surface area contributed by atoms with Crippen molar-refractivity contribution in [2.75, 3.05) is 13.1 Å². The molecule has 0 fully saturated rings. The Kier molecular flexibility index (Phi) is 3.45. The first-order valence-corrected chi connectivity index (χ1v) is 6.44. The molecule has 1 aromatic heterocycles. The Morgan fingerprint density at radius 1 is 1.26 bits per heavy atom. The smallest absolute Gasteiger partial charge is 0.226 e. The van der Waals surface area contributed by atoms with Gasteiger partial charge in [0.25, 0.3) is 0 Å². The molecule has 2 N–H and O–H groups in total. The first kappa shape index (κ1) is 11.8. The summed E-state index contributed by atoms with van der Waals surface area (Å²) in [7, 11) is 0. The minimum absolute atomic E-state index is 0.613. The molecule has 2 heterocycles. The zero-order chi connectivity index (χ0) is 12.9. The summed E-state index contributed by atoms with van der Waals surface area (Å²) < 4.78 is 5.48. The van der Waals surface area contributed by atoms with E-state index < -0.39 is 0 Å². The van der Waals surface area contributed by atoms with Gasteiger partial charge in [0.2, 0.25) is 5.89 Å². The normalized spacial score (nSPS) is 14.6. The SMILES string of the molecule is c1ccc(-c2nc(CNC3=NCCCN3)co2)cc1. The van der Waals surface area contributed by atoms with Crippen LogP contribution in [0.3, 0.4) is 0 Å². The van der Waals surface area contributed by atoms with Crippen LogP contribution >= 0.6 is 0 Å². The summed E-state index contributed by atoms with van der Waals surface area (Å²) in [5.74, 6) is 1.49. The van der Waals surface area contributed by atoms with E-state index in [1.54, 1.807) is 6.26 Å². The van der Waals surface area contributed by atoms with E-state index in [1.807, 2.05) is 30.3 Å². The van der Waals surface area contributed by atoms with E-state index in [0.29, 0.717) is 12.4 Å². The maximum Gasteiger partial charge on any atom is 0.226 e. The lowest BCUT2D eigenvalue weighted by atomic mass is 10.2. The van der Waals surface area contributed by atoms with Crippen molar-refractivity contribution in [2.45, 2.75) is 13.0 Å². The maximum absolute atomic E-state index is 5.48. The molecule has 0 saturated heterocycles. The average molecular weight is 256 g/mol. The van der Waals surface area contributed by atoms with Gasteiger partial charge < -0.3 is 15.1 Å². The van der Waals surface area contributed by atoms with Gasteiger partial charge in [0, 0.05) is 18.7 Å². The van der Waals surface area contributed by atoms with Crippen molar-refractivity contribution in [3.63, 3.8) is 0 Å². The molecule has 0 bridgehead atoms. The van der Waals surface area contributed by atoms with Crippen molar-refractivity contribution in [2.24, 2.45) is 4.99 Å². The number of rotatable bonds is 3. The van der Waals surface area contributed by atoms with Gasteiger partial charge in [0.15, 0.2) is 5.96 Å². The molecule has 0 amide bonds. The second-order valence-corrected chi connectivity index (χ2v) is 4.37. The molecule has 98 valence electrons. The Bertz CT molecular complexity index is 562. The summed E-state index contributed by atoms with van der Waals surface area (Å²) in [5, 5.41) is 6.43. The van der Waals surface area contributed by atoms with Gasteiger partial charge in [-0.15, -0.1) is 0 Å². The van der Waals surface area contributed by atoms with Gasteiger partial charge in [-0.2, -0.15) is 0 Å². The van der Waals surface area contributed by atoms with Gasteiger partial charge in [-0.1, -0.05) is 18.2 Å². The highest BCUT2D eigenvalue weighted by Crippen LogP contribution is 2.17. The zero-order valence-corrected chi connectivity index (χ0v) is 10.6. The van der Waals surface area contributed by atoms with E-state index in [1.165, 1.54) is 0 Å². The molecule has 5 nitrogen and oxygen atoms in total. The highest BCUT2D eigenvalue weighted by Gasteiger charge is 2.08. The van der Waals surface area contributed by atoms with Crippen molar-refractivity contribution >= 4 is 5.96 Å². The van der Waals surface area contributed by atoms with Crippen LogP contribution in [-0.4, -0.2) is 24.0 Å². The Labute approximate surface area is 111 Å². The molecular formula is C14H16N4O. The molecule has 2 aromatic rings. The fourth-order valence-electron chi connectivity index (χ4n) is 1.93. The number of oxazole rings is 1. The number of nitrogens with one attached hydrogen (secondary N) is 2. The molecular weight excluding hydrogens is 240 g/mol. The lowest BCUT2D eigenvalue weighted by molar-refractivity contribution is 0.572. The third kappa shape index (κ3) is 2.93. The zero-order valence-electron chi connectivity index (χ0n) is 10.6. The molecule has 5 heteroatoms. The third-order valence-corrected chi connectivity index (χ3v) is 2.91. The van der Waals surface area contributed by atoms with Gasteiger partial charge in [-0.05, 0) is 18.6 Å². The van der Waals surface area contributed by atoms with Crippen LogP contribution in [0.2, 0.25) is 0 Å².